The summed E-state index contributed by atoms with van der Waals surface area (Å²) >= 11 is 0. The van der Waals surface area contributed by atoms with Crippen LogP contribution < -0.4 is 15.4 Å². The van der Waals surface area contributed by atoms with Crippen LogP contribution in [0, 0.1) is 6.92 Å². The van der Waals surface area contributed by atoms with E-state index in [-0.39, 0.29) is 12.3 Å². The second-order valence-corrected chi connectivity index (χ2v) is 5.66. The number of benzene rings is 2. The van der Waals surface area contributed by atoms with E-state index >= 15 is 0 Å². The van der Waals surface area contributed by atoms with Gasteiger partial charge in [-0.2, -0.15) is 8.78 Å². The number of halogens is 2. The molecule has 28 heavy (non-hydrogen) atoms. The number of ether oxygens (including phenoxy) is 2. The molecule has 2 aromatic rings. The highest BCUT2D eigenvalue weighted by Crippen LogP contribution is 2.17. The summed E-state index contributed by atoms with van der Waals surface area (Å²) in [5, 5.41) is 4.82. The molecule has 2 aromatic carbocycles. The Morgan fingerprint density at radius 1 is 1.00 bits per heavy atom. The lowest BCUT2D eigenvalue weighted by Gasteiger charge is -2.09. The molecule has 148 valence electrons. The van der Waals surface area contributed by atoms with Crippen LogP contribution in [0.4, 0.5) is 14.5 Å². The van der Waals surface area contributed by atoms with E-state index in [0.717, 1.165) is 5.56 Å². The number of alkyl halides is 2. The number of carbonyl (C=O) groups is 3. The summed E-state index contributed by atoms with van der Waals surface area (Å²) in [4.78, 5) is 35.3. The van der Waals surface area contributed by atoms with Gasteiger partial charge < -0.3 is 20.1 Å². The normalized spacial score (nSPS) is 10.3. The number of esters is 1. The summed E-state index contributed by atoms with van der Waals surface area (Å²) < 4.78 is 33.1. The molecule has 0 aromatic heterocycles. The summed E-state index contributed by atoms with van der Waals surface area (Å²) in [6.07, 6.45) is 0. The molecule has 0 saturated carbocycles. The van der Waals surface area contributed by atoms with Gasteiger partial charge in [-0.3, -0.25) is 14.4 Å². The van der Waals surface area contributed by atoms with E-state index in [1.807, 2.05) is 6.92 Å². The van der Waals surface area contributed by atoms with Crippen LogP contribution in [-0.2, 0) is 14.3 Å². The van der Waals surface area contributed by atoms with Gasteiger partial charge in [-0.25, -0.2) is 0 Å². The largest absolute Gasteiger partial charge is 0.454 e. The van der Waals surface area contributed by atoms with Crippen molar-refractivity contribution < 1.29 is 32.6 Å². The van der Waals surface area contributed by atoms with Crippen LogP contribution in [0.15, 0.2) is 48.5 Å². The zero-order valence-corrected chi connectivity index (χ0v) is 14.9. The third kappa shape index (κ3) is 7.02. The Morgan fingerprint density at radius 2 is 1.64 bits per heavy atom. The van der Waals surface area contributed by atoms with E-state index in [1.165, 1.54) is 24.3 Å². The van der Waals surface area contributed by atoms with Crippen molar-refractivity contribution in [3.8, 4) is 5.75 Å². The maximum atomic E-state index is 12.1. The van der Waals surface area contributed by atoms with E-state index in [0.29, 0.717) is 11.3 Å². The number of aryl methyl sites for hydroxylation is 1. The minimum absolute atomic E-state index is 0.0521. The van der Waals surface area contributed by atoms with Crippen molar-refractivity contribution in [2.75, 3.05) is 18.5 Å². The van der Waals surface area contributed by atoms with Gasteiger partial charge in [0.15, 0.2) is 6.61 Å². The van der Waals surface area contributed by atoms with Crippen LogP contribution in [0.25, 0.3) is 0 Å². The highest BCUT2D eigenvalue weighted by molar-refractivity contribution is 5.96. The molecule has 2 rings (SSSR count). The van der Waals surface area contributed by atoms with Gasteiger partial charge in [0.2, 0.25) is 0 Å². The van der Waals surface area contributed by atoms with Crippen molar-refractivity contribution >= 4 is 23.5 Å². The average Bonchev–Trinajstić information content (AvgIpc) is 2.66. The quantitative estimate of drug-likeness (QED) is 0.674. The lowest BCUT2D eigenvalue weighted by atomic mass is 10.1. The minimum atomic E-state index is -2.94. The molecule has 0 aliphatic rings. The first-order valence-corrected chi connectivity index (χ1v) is 8.18. The Kier molecular flexibility index (Phi) is 7.44. The lowest BCUT2D eigenvalue weighted by molar-refractivity contribution is -0.146. The van der Waals surface area contributed by atoms with Crippen LogP contribution in [-0.4, -0.2) is 37.5 Å². The van der Waals surface area contributed by atoms with Crippen LogP contribution in [0.2, 0.25) is 0 Å². The number of hydrogen-bond acceptors (Lipinski definition) is 5. The van der Waals surface area contributed by atoms with Crippen molar-refractivity contribution in [3.05, 3.63) is 59.7 Å². The number of nitrogens with one attached hydrogen (secondary N) is 2. The zero-order valence-electron chi connectivity index (χ0n) is 14.9. The highest BCUT2D eigenvalue weighted by atomic mass is 19.3. The Morgan fingerprint density at radius 3 is 2.25 bits per heavy atom. The van der Waals surface area contributed by atoms with Crippen molar-refractivity contribution in [1.29, 1.82) is 0 Å². The van der Waals surface area contributed by atoms with E-state index < -0.39 is 31.0 Å². The van der Waals surface area contributed by atoms with Gasteiger partial charge in [0.1, 0.15) is 12.3 Å². The molecular weight excluding hydrogens is 374 g/mol. The smallest absolute Gasteiger partial charge is 0.387 e. The number of rotatable bonds is 8. The molecular formula is C19H18F2N2O5. The fourth-order valence-corrected chi connectivity index (χ4v) is 2.07. The van der Waals surface area contributed by atoms with Gasteiger partial charge in [0.25, 0.3) is 11.8 Å². The zero-order chi connectivity index (χ0) is 20.5. The maximum Gasteiger partial charge on any atom is 0.387 e. The van der Waals surface area contributed by atoms with Crippen LogP contribution >= 0.6 is 0 Å². The number of amides is 2. The summed E-state index contributed by atoms with van der Waals surface area (Å²) in [6, 6.07) is 12.0. The lowest BCUT2D eigenvalue weighted by Crippen LogP contribution is -2.32. The molecule has 9 heteroatoms. The molecule has 0 unspecified atom stereocenters. The van der Waals surface area contributed by atoms with Gasteiger partial charge in [0, 0.05) is 11.3 Å². The van der Waals surface area contributed by atoms with Crippen molar-refractivity contribution in [2.45, 2.75) is 13.5 Å². The second-order valence-electron chi connectivity index (χ2n) is 5.66. The third-order valence-corrected chi connectivity index (χ3v) is 3.43. The van der Waals surface area contributed by atoms with Gasteiger partial charge >= 0.3 is 12.6 Å². The first kappa shape index (κ1) is 20.8. The molecule has 2 N–H and O–H groups in total. The van der Waals surface area contributed by atoms with Crippen LogP contribution in [0.1, 0.15) is 15.9 Å². The van der Waals surface area contributed by atoms with E-state index in [2.05, 4.69) is 15.4 Å². The third-order valence-electron chi connectivity index (χ3n) is 3.43. The number of anilines is 1. The van der Waals surface area contributed by atoms with E-state index in [1.54, 1.807) is 24.3 Å². The molecule has 2 amide bonds. The van der Waals surface area contributed by atoms with Gasteiger partial charge in [-0.05, 0) is 43.3 Å². The standard InChI is InChI=1S/C19H18F2N2O5/c1-12-2-4-13(5-3-12)18(26)22-10-17(25)27-11-16(24)23-14-6-8-15(9-7-14)28-19(20)21/h2-9,19H,10-11H2,1H3,(H,22,26)(H,23,24). The average molecular weight is 392 g/mol. The molecule has 0 aliphatic heterocycles. The summed E-state index contributed by atoms with van der Waals surface area (Å²) in [7, 11) is 0. The fraction of sp³-hybridized carbons (Fsp3) is 0.211. The molecule has 0 atom stereocenters. The molecule has 0 radical (unpaired) electrons. The first-order chi connectivity index (χ1) is 13.3. The van der Waals surface area contributed by atoms with Gasteiger partial charge in [0.05, 0.1) is 0 Å². The Bertz CT molecular complexity index is 823. The predicted molar refractivity (Wildman–Crippen MR) is 96.2 cm³/mol. The Labute approximate surface area is 159 Å². The molecule has 0 fully saturated rings. The van der Waals surface area contributed by atoms with Crippen molar-refractivity contribution in [1.82, 2.24) is 5.32 Å². The molecule has 0 aliphatic carbocycles. The summed E-state index contributed by atoms with van der Waals surface area (Å²) in [6.45, 7) is -2.00. The Hall–Kier alpha value is -3.49. The van der Waals surface area contributed by atoms with Crippen molar-refractivity contribution in [2.24, 2.45) is 0 Å². The maximum absolute atomic E-state index is 12.1. The van der Waals surface area contributed by atoms with Crippen LogP contribution in [0.5, 0.6) is 5.75 Å². The first-order valence-electron chi connectivity index (χ1n) is 8.18. The second kappa shape index (κ2) is 10.0. The monoisotopic (exact) mass is 392 g/mol. The molecule has 0 saturated heterocycles. The predicted octanol–water partition coefficient (Wildman–Crippen LogP) is 2.51. The highest BCUT2D eigenvalue weighted by Gasteiger charge is 2.11. The van der Waals surface area contributed by atoms with Gasteiger partial charge in [-0.1, -0.05) is 17.7 Å². The Balaban J connectivity index is 1.71. The van der Waals surface area contributed by atoms with Gasteiger partial charge in [-0.15, -0.1) is 0 Å². The molecule has 7 nitrogen and oxygen atoms in total. The molecule has 0 spiro atoms. The molecule has 0 bridgehead atoms. The van der Waals surface area contributed by atoms with Crippen molar-refractivity contribution in [3.63, 3.8) is 0 Å². The van der Waals surface area contributed by atoms with Crippen LogP contribution in [0.3, 0.4) is 0 Å². The summed E-state index contributed by atoms with van der Waals surface area (Å²) in [5.41, 5.74) is 1.71. The fourth-order valence-electron chi connectivity index (χ4n) is 2.07. The molecule has 0 heterocycles. The topological polar surface area (TPSA) is 93.7 Å². The minimum Gasteiger partial charge on any atom is -0.454 e. The van der Waals surface area contributed by atoms with E-state index in [9.17, 15) is 23.2 Å². The number of hydrogen-bond donors (Lipinski definition) is 2. The SMILES string of the molecule is Cc1ccc(C(=O)NCC(=O)OCC(=O)Nc2ccc(OC(F)F)cc2)cc1. The number of carbonyl (C=O) groups excluding carboxylic acids is 3. The summed E-state index contributed by atoms with van der Waals surface area (Å²) in [5.74, 6) is -1.90. The van der Waals surface area contributed by atoms with E-state index in [4.69, 9.17) is 4.74 Å².